The number of cyclic esters (lactones) is 1. The lowest BCUT2D eigenvalue weighted by atomic mass is 10.1. The average Bonchev–Trinajstić information content (AvgIpc) is 2.52. The molecule has 1 aliphatic heterocycles. The Kier molecular flexibility index (Phi) is 1.93. The molecule has 3 heteroatoms. The lowest BCUT2D eigenvalue weighted by molar-refractivity contribution is 0.141. The molecule has 2 rings (SSSR count). The molecule has 1 saturated heterocycles. The Hall–Kier alpha value is -1.51. The van der Waals surface area contributed by atoms with Gasteiger partial charge in [0.05, 0.1) is 6.54 Å². The van der Waals surface area contributed by atoms with Gasteiger partial charge in [0, 0.05) is 0 Å². The van der Waals surface area contributed by atoms with Crippen LogP contribution < -0.4 is 5.32 Å². The number of carbonyl (C=O) groups excluding carboxylic acids is 1. The number of amides is 1. The van der Waals surface area contributed by atoms with Gasteiger partial charge < -0.3 is 10.1 Å². The Morgan fingerprint density at radius 2 is 2.38 bits per heavy atom. The second-order valence-electron chi connectivity index (χ2n) is 3.19. The first-order valence-corrected chi connectivity index (χ1v) is 4.27. The highest BCUT2D eigenvalue weighted by Crippen LogP contribution is 2.21. The molecule has 1 aromatic rings. The number of benzene rings is 1. The van der Waals surface area contributed by atoms with Crippen LogP contribution in [-0.2, 0) is 4.74 Å². The maximum absolute atomic E-state index is 10.8. The van der Waals surface area contributed by atoms with E-state index in [2.05, 4.69) is 5.32 Å². The molecule has 1 amide bonds. The van der Waals surface area contributed by atoms with E-state index in [-0.39, 0.29) is 12.2 Å². The predicted molar refractivity (Wildman–Crippen MR) is 48.4 cm³/mol. The normalized spacial score (nSPS) is 21.0. The van der Waals surface area contributed by atoms with Gasteiger partial charge in [0.25, 0.3) is 0 Å². The zero-order chi connectivity index (χ0) is 9.26. The molecule has 1 atom stereocenters. The molecule has 1 aromatic carbocycles. The minimum atomic E-state index is -0.327. The molecule has 13 heavy (non-hydrogen) atoms. The van der Waals surface area contributed by atoms with Crippen LogP contribution in [0.4, 0.5) is 4.79 Å². The van der Waals surface area contributed by atoms with Gasteiger partial charge in [0.2, 0.25) is 0 Å². The van der Waals surface area contributed by atoms with Crippen LogP contribution in [0.25, 0.3) is 0 Å². The van der Waals surface area contributed by atoms with Crippen LogP contribution in [0.1, 0.15) is 17.2 Å². The molecule has 0 spiro atoms. The van der Waals surface area contributed by atoms with Crippen LogP contribution in [0, 0.1) is 6.92 Å². The number of ether oxygens (including phenoxy) is 1. The zero-order valence-electron chi connectivity index (χ0n) is 7.41. The third-order valence-electron chi connectivity index (χ3n) is 2.10. The van der Waals surface area contributed by atoms with E-state index in [4.69, 9.17) is 4.74 Å². The number of nitrogens with one attached hydrogen (secondary N) is 1. The smallest absolute Gasteiger partial charge is 0.407 e. The Labute approximate surface area is 76.7 Å². The summed E-state index contributed by atoms with van der Waals surface area (Å²) in [6.07, 6.45) is -0.445. The van der Waals surface area contributed by atoms with E-state index in [1.165, 1.54) is 5.56 Å². The minimum Gasteiger partial charge on any atom is -0.439 e. The highest BCUT2D eigenvalue weighted by Gasteiger charge is 2.23. The van der Waals surface area contributed by atoms with Crippen LogP contribution in [0.3, 0.4) is 0 Å². The summed E-state index contributed by atoms with van der Waals surface area (Å²) in [5, 5.41) is 2.63. The number of carbonyl (C=O) groups is 1. The molecule has 1 fully saturated rings. The summed E-state index contributed by atoms with van der Waals surface area (Å²) >= 11 is 0. The van der Waals surface area contributed by atoms with E-state index in [1.54, 1.807) is 0 Å². The Bertz CT molecular complexity index is 335. The summed E-state index contributed by atoms with van der Waals surface area (Å²) in [7, 11) is 0. The number of rotatable bonds is 1. The number of hydrogen-bond acceptors (Lipinski definition) is 2. The van der Waals surface area contributed by atoms with Gasteiger partial charge in [0.1, 0.15) is 6.10 Å². The van der Waals surface area contributed by atoms with Gasteiger partial charge in [-0.15, -0.1) is 0 Å². The molecule has 0 aromatic heterocycles. The van der Waals surface area contributed by atoms with Crippen molar-refractivity contribution < 1.29 is 9.53 Å². The third-order valence-corrected chi connectivity index (χ3v) is 2.10. The summed E-state index contributed by atoms with van der Waals surface area (Å²) in [6.45, 7) is 2.59. The second-order valence-corrected chi connectivity index (χ2v) is 3.19. The molecular weight excluding hydrogens is 166 g/mol. The van der Waals surface area contributed by atoms with Crippen molar-refractivity contribution in [1.29, 1.82) is 0 Å². The van der Waals surface area contributed by atoms with Crippen molar-refractivity contribution in [2.24, 2.45) is 0 Å². The number of alkyl carbamates (subject to hydrolysis) is 1. The first kappa shape index (κ1) is 8.10. The van der Waals surface area contributed by atoms with Gasteiger partial charge >= 0.3 is 6.09 Å². The predicted octanol–water partition coefficient (Wildman–Crippen LogP) is 1.78. The Morgan fingerprint density at radius 1 is 1.54 bits per heavy atom. The van der Waals surface area contributed by atoms with Crippen LogP contribution in [0.15, 0.2) is 24.3 Å². The van der Waals surface area contributed by atoms with Crippen molar-refractivity contribution in [2.45, 2.75) is 13.0 Å². The Balaban J connectivity index is 2.21. The SMILES string of the molecule is Cc1cccc(C2CNC(=O)O2)c1. The first-order valence-electron chi connectivity index (χ1n) is 4.27. The van der Waals surface area contributed by atoms with Crippen LogP contribution in [0.2, 0.25) is 0 Å². The maximum atomic E-state index is 10.8. The summed E-state index contributed by atoms with van der Waals surface area (Å²) in [5.41, 5.74) is 2.23. The highest BCUT2D eigenvalue weighted by molar-refractivity contribution is 5.69. The van der Waals surface area contributed by atoms with E-state index in [1.807, 2.05) is 31.2 Å². The summed E-state index contributed by atoms with van der Waals surface area (Å²) in [6, 6.07) is 7.99. The average molecular weight is 177 g/mol. The lowest BCUT2D eigenvalue weighted by Crippen LogP contribution is -2.12. The van der Waals surface area contributed by atoms with Gasteiger partial charge in [-0.05, 0) is 12.5 Å². The summed E-state index contributed by atoms with van der Waals surface area (Å²) in [4.78, 5) is 10.8. The van der Waals surface area contributed by atoms with Gasteiger partial charge in [-0.2, -0.15) is 0 Å². The molecule has 1 heterocycles. The molecule has 1 aliphatic rings. The first-order chi connectivity index (χ1) is 6.25. The largest absolute Gasteiger partial charge is 0.439 e. The van der Waals surface area contributed by atoms with Gasteiger partial charge in [-0.1, -0.05) is 29.8 Å². The molecule has 0 saturated carbocycles. The van der Waals surface area contributed by atoms with Crippen LogP contribution >= 0.6 is 0 Å². The van der Waals surface area contributed by atoms with Crippen molar-refractivity contribution in [1.82, 2.24) is 5.32 Å². The quantitative estimate of drug-likeness (QED) is 0.710. The van der Waals surface area contributed by atoms with Crippen LogP contribution in [-0.4, -0.2) is 12.6 Å². The zero-order valence-corrected chi connectivity index (χ0v) is 7.41. The minimum absolute atomic E-state index is 0.118. The maximum Gasteiger partial charge on any atom is 0.407 e. The van der Waals surface area contributed by atoms with Crippen molar-refractivity contribution >= 4 is 6.09 Å². The monoisotopic (exact) mass is 177 g/mol. The van der Waals surface area contributed by atoms with Gasteiger partial charge in [-0.3, -0.25) is 0 Å². The molecular formula is C10H11NO2. The topological polar surface area (TPSA) is 38.3 Å². The van der Waals surface area contributed by atoms with E-state index in [9.17, 15) is 4.79 Å². The molecule has 1 N–H and O–H groups in total. The molecule has 68 valence electrons. The lowest BCUT2D eigenvalue weighted by Gasteiger charge is -2.07. The number of hydrogen-bond donors (Lipinski definition) is 1. The highest BCUT2D eigenvalue weighted by atomic mass is 16.6. The van der Waals surface area contributed by atoms with E-state index >= 15 is 0 Å². The fraction of sp³-hybridized carbons (Fsp3) is 0.300. The van der Waals surface area contributed by atoms with Crippen molar-refractivity contribution in [3.05, 3.63) is 35.4 Å². The second kappa shape index (κ2) is 3.09. The van der Waals surface area contributed by atoms with Gasteiger partial charge in [0.15, 0.2) is 0 Å². The van der Waals surface area contributed by atoms with E-state index in [0.29, 0.717) is 6.54 Å². The third kappa shape index (κ3) is 1.64. The van der Waals surface area contributed by atoms with Crippen molar-refractivity contribution in [2.75, 3.05) is 6.54 Å². The molecule has 0 bridgehead atoms. The summed E-state index contributed by atoms with van der Waals surface area (Å²) < 4.78 is 5.05. The molecule has 0 radical (unpaired) electrons. The fourth-order valence-electron chi connectivity index (χ4n) is 1.44. The van der Waals surface area contributed by atoms with E-state index in [0.717, 1.165) is 5.56 Å². The molecule has 3 nitrogen and oxygen atoms in total. The number of aryl methyl sites for hydroxylation is 1. The molecule has 0 aliphatic carbocycles. The molecule has 1 unspecified atom stereocenters. The standard InChI is InChI=1S/C10H11NO2/c1-7-3-2-4-8(5-7)9-6-11-10(12)13-9/h2-5,9H,6H2,1H3,(H,11,12). The van der Waals surface area contributed by atoms with Crippen LogP contribution in [0.5, 0.6) is 0 Å². The van der Waals surface area contributed by atoms with Gasteiger partial charge in [-0.25, -0.2) is 4.79 Å². The fourth-order valence-corrected chi connectivity index (χ4v) is 1.44. The van der Waals surface area contributed by atoms with E-state index < -0.39 is 0 Å². The summed E-state index contributed by atoms with van der Waals surface area (Å²) in [5.74, 6) is 0. The van der Waals surface area contributed by atoms with Crippen molar-refractivity contribution in [3.8, 4) is 0 Å². The Morgan fingerprint density at radius 3 is 3.00 bits per heavy atom. The van der Waals surface area contributed by atoms with Crippen molar-refractivity contribution in [3.63, 3.8) is 0 Å².